The van der Waals surface area contributed by atoms with Crippen LogP contribution in [-0.4, -0.2) is 0 Å². The highest BCUT2D eigenvalue weighted by Crippen LogP contribution is 2.33. The minimum absolute atomic E-state index is 0. The van der Waals surface area contributed by atoms with Gasteiger partial charge in [-0.3, -0.25) is 0 Å². The molecular weight excluding hydrogens is 336 g/mol. The molecule has 0 N–H and O–H groups in total. The Morgan fingerprint density at radius 2 is 1.14 bits per heavy atom. The topological polar surface area (TPSA) is 0 Å². The number of hydrogen-bond acceptors (Lipinski definition) is 0. The molecule has 0 radical (unpaired) electrons. The van der Waals surface area contributed by atoms with Crippen LogP contribution in [0.5, 0.6) is 0 Å². The average Bonchev–Trinajstić information content (AvgIpc) is 2.73. The van der Waals surface area contributed by atoms with Gasteiger partial charge in [0, 0.05) is 0 Å². The summed E-state index contributed by atoms with van der Waals surface area (Å²) < 4.78 is 0. The summed E-state index contributed by atoms with van der Waals surface area (Å²) in [7, 11) is 0. The molecule has 0 nitrogen and oxygen atoms in total. The molecule has 4 aromatic rings. The van der Waals surface area contributed by atoms with Crippen molar-refractivity contribution in [3.05, 3.63) is 101 Å². The van der Waals surface area contributed by atoms with E-state index in [0.29, 0.717) is 0 Å². The molecule has 0 aliphatic rings. The predicted octanol–water partition coefficient (Wildman–Crippen LogP) is 8.53. The minimum Gasteiger partial charge on any atom is -0.0795 e. The van der Waals surface area contributed by atoms with Crippen molar-refractivity contribution in [3.63, 3.8) is 0 Å². The third-order valence-electron chi connectivity index (χ3n) is 5.00. The third-order valence-corrected chi connectivity index (χ3v) is 5.00. The second-order valence-electron chi connectivity index (χ2n) is 6.72. The summed E-state index contributed by atoms with van der Waals surface area (Å²) in [6.45, 7) is 8.37. The van der Waals surface area contributed by atoms with Crippen molar-refractivity contribution >= 4 is 27.6 Å². The van der Waals surface area contributed by atoms with Gasteiger partial charge in [-0.1, -0.05) is 112 Å². The zero-order valence-electron chi connectivity index (χ0n) is 16.8. The maximum absolute atomic E-state index is 2.30. The highest BCUT2D eigenvalue weighted by Gasteiger charge is 2.08. The lowest BCUT2D eigenvalue weighted by Gasteiger charge is -2.12. The van der Waals surface area contributed by atoms with Gasteiger partial charge in [0.1, 0.15) is 0 Å². The lowest BCUT2D eigenvalue weighted by Crippen LogP contribution is -1.89. The first-order valence-corrected chi connectivity index (χ1v) is 9.86. The van der Waals surface area contributed by atoms with Crippen molar-refractivity contribution in [3.8, 4) is 0 Å². The Bertz CT molecular complexity index is 1070. The first kappa shape index (κ1) is 21.4. The Labute approximate surface area is 170 Å². The van der Waals surface area contributed by atoms with Gasteiger partial charge in [0.2, 0.25) is 0 Å². The van der Waals surface area contributed by atoms with E-state index in [9.17, 15) is 0 Å². The summed E-state index contributed by atoms with van der Waals surface area (Å²) in [5.41, 5.74) is 5.35. The normalized spacial score (nSPS) is 10.6. The monoisotopic (exact) mass is 368 g/mol. The van der Waals surface area contributed by atoms with Crippen molar-refractivity contribution in [2.75, 3.05) is 0 Å². The molecule has 144 valence electrons. The predicted molar refractivity (Wildman–Crippen MR) is 128 cm³/mol. The number of benzene rings is 4. The Kier molecular flexibility index (Phi) is 7.58. The molecule has 4 aromatic carbocycles. The van der Waals surface area contributed by atoms with Gasteiger partial charge in [-0.2, -0.15) is 0 Å². The summed E-state index contributed by atoms with van der Waals surface area (Å²) in [5, 5.41) is 5.35. The second kappa shape index (κ2) is 9.90. The van der Waals surface area contributed by atoms with Gasteiger partial charge in [-0.15, -0.1) is 0 Å². The van der Waals surface area contributed by atoms with E-state index in [4.69, 9.17) is 0 Å². The second-order valence-corrected chi connectivity index (χ2v) is 6.72. The lowest BCUT2D eigenvalue weighted by molar-refractivity contribution is 1.26. The molecular formula is C28H32. The molecule has 0 saturated carbocycles. The summed E-state index contributed by atoms with van der Waals surface area (Å²) in [6.07, 6.45) is 5.54. The molecule has 0 saturated heterocycles. The van der Waals surface area contributed by atoms with Crippen LogP contribution in [-0.2, 0) is 6.42 Å². The van der Waals surface area contributed by atoms with Crippen LogP contribution in [0.1, 0.15) is 43.5 Å². The molecule has 0 heterocycles. The molecule has 0 fully saturated rings. The Balaban J connectivity index is 0.000000906. The molecule has 0 amide bonds. The van der Waals surface area contributed by atoms with Crippen LogP contribution < -0.4 is 0 Å². The van der Waals surface area contributed by atoms with E-state index in [1.54, 1.807) is 0 Å². The maximum Gasteiger partial charge on any atom is -0.00941 e. The molecule has 0 aromatic heterocycles. The first-order valence-electron chi connectivity index (χ1n) is 9.86. The fourth-order valence-electron chi connectivity index (χ4n) is 3.60. The number of aryl methyl sites for hydroxylation is 2. The first-order chi connectivity index (χ1) is 13.2. The van der Waals surface area contributed by atoms with Crippen LogP contribution in [0, 0.1) is 13.8 Å². The van der Waals surface area contributed by atoms with Crippen LogP contribution in [0.15, 0.2) is 78.9 Å². The van der Waals surface area contributed by atoms with Crippen molar-refractivity contribution in [1.82, 2.24) is 0 Å². The average molecular weight is 369 g/mol. The van der Waals surface area contributed by atoms with Crippen LogP contribution in [0.3, 0.4) is 0 Å². The van der Waals surface area contributed by atoms with Gasteiger partial charge >= 0.3 is 0 Å². The fraction of sp³-hybridized carbons (Fsp3) is 0.214. The number of rotatable bonds is 3. The lowest BCUT2D eigenvalue weighted by atomic mass is 9.92. The van der Waals surface area contributed by atoms with Gasteiger partial charge in [-0.25, -0.2) is 0 Å². The highest BCUT2D eigenvalue weighted by atomic mass is 14.1. The number of hydrogen-bond donors (Lipinski definition) is 0. The van der Waals surface area contributed by atoms with E-state index in [0.717, 1.165) is 6.42 Å². The van der Waals surface area contributed by atoms with E-state index in [1.807, 2.05) is 13.8 Å². The Morgan fingerprint density at radius 3 is 1.75 bits per heavy atom. The van der Waals surface area contributed by atoms with Crippen molar-refractivity contribution < 1.29 is 0 Å². The van der Waals surface area contributed by atoms with E-state index >= 15 is 0 Å². The van der Waals surface area contributed by atoms with E-state index in [1.165, 1.54) is 43.8 Å². The van der Waals surface area contributed by atoms with Crippen molar-refractivity contribution in [1.29, 1.82) is 0 Å². The maximum atomic E-state index is 2.30. The van der Waals surface area contributed by atoms with Crippen LogP contribution in [0.25, 0.3) is 27.6 Å². The molecule has 0 atom stereocenters. The van der Waals surface area contributed by atoms with Crippen molar-refractivity contribution in [2.24, 2.45) is 0 Å². The number of allylic oxidation sites excluding steroid dienone is 1. The standard InChI is InChI=1S/C25H22.C2H6.CH4/c1-18-14-16-20(17-15-18)8-7-13-22-19(2)21-9-3-4-10-23(21)25-12-6-5-11-24(22)25;1-2;/h3-7,9-17H,8H2,1-2H3;1-2H3;1H4/b13-7-;;. The molecule has 0 aliphatic heterocycles. The molecule has 0 heteroatoms. The van der Waals surface area contributed by atoms with Crippen LogP contribution in [0.2, 0.25) is 0 Å². The smallest absolute Gasteiger partial charge is 0.00941 e. The SMILES string of the molecule is C.CC.Cc1ccc(C/C=C\c2c(C)c3ccccc3c3ccccc23)cc1. The third kappa shape index (κ3) is 4.34. The highest BCUT2D eigenvalue weighted by molar-refractivity contribution is 6.12. The molecule has 0 aliphatic carbocycles. The summed E-state index contributed by atoms with van der Waals surface area (Å²) >= 11 is 0. The molecule has 4 rings (SSSR count). The molecule has 0 bridgehead atoms. The van der Waals surface area contributed by atoms with Gasteiger partial charge in [-0.05, 0) is 58.5 Å². The summed E-state index contributed by atoms with van der Waals surface area (Å²) in [4.78, 5) is 0. The zero-order chi connectivity index (χ0) is 19.2. The van der Waals surface area contributed by atoms with Crippen LogP contribution >= 0.6 is 0 Å². The summed E-state index contributed by atoms with van der Waals surface area (Å²) in [5.74, 6) is 0. The van der Waals surface area contributed by atoms with E-state index < -0.39 is 0 Å². The molecule has 0 spiro atoms. The van der Waals surface area contributed by atoms with Gasteiger partial charge in [0.25, 0.3) is 0 Å². The quantitative estimate of drug-likeness (QED) is 0.318. The van der Waals surface area contributed by atoms with Gasteiger partial charge < -0.3 is 0 Å². The number of fused-ring (bicyclic) bond motifs is 3. The molecule has 0 unspecified atom stereocenters. The molecule has 28 heavy (non-hydrogen) atoms. The van der Waals surface area contributed by atoms with Crippen molar-refractivity contribution in [2.45, 2.75) is 41.5 Å². The van der Waals surface area contributed by atoms with Gasteiger partial charge in [0.15, 0.2) is 0 Å². The van der Waals surface area contributed by atoms with Gasteiger partial charge in [0.05, 0.1) is 0 Å². The Hall–Kier alpha value is -2.86. The minimum atomic E-state index is 0. The Morgan fingerprint density at radius 1 is 0.643 bits per heavy atom. The van der Waals surface area contributed by atoms with E-state index in [-0.39, 0.29) is 7.43 Å². The van der Waals surface area contributed by atoms with Crippen LogP contribution in [0.4, 0.5) is 0 Å². The zero-order valence-corrected chi connectivity index (χ0v) is 16.8. The van der Waals surface area contributed by atoms with E-state index in [2.05, 4.69) is 98.8 Å². The fourth-order valence-corrected chi connectivity index (χ4v) is 3.60. The summed E-state index contributed by atoms with van der Waals surface area (Å²) in [6, 6.07) is 26.2. The largest absolute Gasteiger partial charge is 0.0795 e.